The van der Waals surface area contributed by atoms with Crippen molar-refractivity contribution in [2.75, 3.05) is 12.4 Å². The third-order valence-electron chi connectivity index (χ3n) is 3.85. The van der Waals surface area contributed by atoms with Gasteiger partial charge in [-0.25, -0.2) is 4.79 Å². The number of nitrogens with one attached hydrogen (secondary N) is 1. The molecule has 6 heteroatoms. The molecule has 0 bridgehead atoms. The molecule has 0 fully saturated rings. The van der Waals surface area contributed by atoms with Crippen LogP contribution in [0.1, 0.15) is 19.0 Å². The summed E-state index contributed by atoms with van der Waals surface area (Å²) < 4.78 is 2.20. The molecule has 0 radical (unpaired) electrons. The molecule has 1 aromatic carbocycles. The zero-order chi connectivity index (χ0) is 16.9. The normalized spacial score (nSPS) is 10.8. The molecule has 0 aliphatic rings. The second-order valence-corrected chi connectivity index (χ2v) is 5.77. The number of aryl methyl sites for hydroxylation is 1. The van der Waals surface area contributed by atoms with Crippen molar-refractivity contribution in [1.29, 1.82) is 0 Å². The van der Waals surface area contributed by atoms with Gasteiger partial charge in [-0.2, -0.15) is 0 Å². The van der Waals surface area contributed by atoms with Crippen LogP contribution in [0.5, 0.6) is 0 Å². The Balaban J connectivity index is 1.71. The summed E-state index contributed by atoms with van der Waals surface area (Å²) in [5, 5.41) is 4.11. The van der Waals surface area contributed by atoms with Gasteiger partial charge in [0.2, 0.25) is 0 Å². The maximum atomic E-state index is 12.4. The lowest BCUT2D eigenvalue weighted by Gasteiger charge is -2.17. The number of carbonyl (C=O) groups is 1. The predicted octanol–water partition coefficient (Wildman–Crippen LogP) is 3.51. The number of amides is 2. The Morgan fingerprint density at radius 2 is 2.17 bits per heavy atom. The molecular weight excluding hydrogens is 302 g/mol. The zero-order valence-electron chi connectivity index (χ0n) is 13.9. The first-order valence-electron chi connectivity index (χ1n) is 8.03. The van der Waals surface area contributed by atoms with Crippen molar-refractivity contribution >= 4 is 22.6 Å². The van der Waals surface area contributed by atoms with E-state index in [4.69, 9.17) is 0 Å². The van der Waals surface area contributed by atoms with E-state index in [0.717, 1.165) is 29.9 Å². The summed E-state index contributed by atoms with van der Waals surface area (Å²) >= 11 is 0. The number of hydrogen-bond acceptors (Lipinski definition) is 3. The number of carbonyl (C=O) groups excluding carboxylic acids is 1. The quantitative estimate of drug-likeness (QED) is 0.781. The average Bonchev–Trinajstić information content (AvgIpc) is 2.98. The Morgan fingerprint density at radius 1 is 1.29 bits per heavy atom. The molecule has 124 valence electrons. The lowest BCUT2D eigenvalue weighted by Crippen LogP contribution is -2.31. The van der Waals surface area contributed by atoms with Crippen LogP contribution in [0, 0.1) is 0 Å². The first-order chi connectivity index (χ1) is 11.7. The van der Waals surface area contributed by atoms with Crippen molar-refractivity contribution in [2.24, 2.45) is 0 Å². The molecule has 3 aromatic rings. The molecular formula is C18H21N5O. The van der Waals surface area contributed by atoms with E-state index >= 15 is 0 Å². The average molecular weight is 323 g/mol. The predicted molar refractivity (Wildman–Crippen MR) is 94.7 cm³/mol. The van der Waals surface area contributed by atoms with E-state index < -0.39 is 0 Å². The van der Waals surface area contributed by atoms with Crippen LogP contribution in [0.2, 0.25) is 0 Å². The molecule has 0 saturated carbocycles. The van der Waals surface area contributed by atoms with E-state index in [2.05, 4.69) is 39.0 Å². The van der Waals surface area contributed by atoms with Crippen molar-refractivity contribution in [1.82, 2.24) is 19.4 Å². The Hall–Kier alpha value is -2.89. The number of hydrogen-bond donors (Lipinski definition) is 1. The van der Waals surface area contributed by atoms with Gasteiger partial charge in [0.25, 0.3) is 0 Å². The first kappa shape index (κ1) is 16.0. The monoisotopic (exact) mass is 323 g/mol. The summed E-state index contributed by atoms with van der Waals surface area (Å²) in [4.78, 5) is 22.1. The summed E-state index contributed by atoms with van der Waals surface area (Å²) in [5.74, 6) is 0. The number of benzene rings is 1. The van der Waals surface area contributed by atoms with Crippen LogP contribution in [0.4, 0.5) is 10.5 Å². The number of nitrogens with zero attached hydrogens (tertiary/aromatic N) is 4. The van der Waals surface area contributed by atoms with E-state index in [1.807, 2.05) is 18.2 Å². The molecule has 6 nitrogen and oxygen atoms in total. The van der Waals surface area contributed by atoms with Gasteiger partial charge in [0.05, 0.1) is 24.0 Å². The Bertz CT molecular complexity index is 828. The van der Waals surface area contributed by atoms with Crippen molar-refractivity contribution in [2.45, 2.75) is 26.4 Å². The summed E-state index contributed by atoms with van der Waals surface area (Å²) in [6.07, 6.45) is 8.05. The molecule has 1 N–H and O–H groups in total. The minimum atomic E-state index is -0.173. The van der Waals surface area contributed by atoms with Crippen LogP contribution < -0.4 is 5.32 Å². The van der Waals surface area contributed by atoms with Crippen LogP contribution in [0.25, 0.3) is 10.9 Å². The standard InChI is InChI=1S/C18H21N5O/c1-3-9-23-10-6-14-4-5-15(11-17(14)23)21-18(24)22(2)13-16-12-19-7-8-20-16/h4-8,10-12H,3,9,13H2,1-2H3,(H,21,24). The van der Waals surface area contributed by atoms with Crippen LogP contribution in [-0.4, -0.2) is 32.5 Å². The molecule has 0 aliphatic carbocycles. The fraction of sp³-hybridized carbons (Fsp3) is 0.278. The Kier molecular flexibility index (Phi) is 4.74. The Morgan fingerprint density at radius 3 is 2.92 bits per heavy atom. The molecule has 2 amide bonds. The SMILES string of the molecule is CCCn1ccc2ccc(NC(=O)N(C)Cc3cnccn3)cc21. The highest BCUT2D eigenvalue weighted by Gasteiger charge is 2.11. The molecule has 2 heterocycles. The fourth-order valence-corrected chi connectivity index (χ4v) is 2.64. The van der Waals surface area contributed by atoms with Crippen LogP contribution >= 0.6 is 0 Å². The highest BCUT2D eigenvalue weighted by Crippen LogP contribution is 2.21. The molecule has 0 unspecified atom stereocenters. The number of aromatic nitrogens is 3. The summed E-state index contributed by atoms with van der Waals surface area (Å²) in [6.45, 7) is 3.53. The van der Waals surface area contributed by atoms with Crippen molar-refractivity contribution in [3.63, 3.8) is 0 Å². The van der Waals surface area contributed by atoms with Gasteiger partial charge in [0.15, 0.2) is 0 Å². The van der Waals surface area contributed by atoms with Gasteiger partial charge in [-0.05, 0) is 30.0 Å². The number of fused-ring (bicyclic) bond motifs is 1. The lowest BCUT2D eigenvalue weighted by molar-refractivity contribution is 0.220. The molecule has 0 atom stereocenters. The van der Waals surface area contributed by atoms with E-state index in [0.29, 0.717) is 6.54 Å². The third-order valence-corrected chi connectivity index (χ3v) is 3.85. The maximum Gasteiger partial charge on any atom is 0.321 e. The summed E-state index contributed by atoms with van der Waals surface area (Å²) in [6, 6.07) is 7.89. The topological polar surface area (TPSA) is 63.1 Å². The highest BCUT2D eigenvalue weighted by molar-refractivity contribution is 5.92. The van der Waals surface area contributed by atoms with Crippen LogP contribution in [0.3, 0.4) is 0 Å². The van der Waals surface area contributed by atoms with Crippen molar-refractivity contribution in [3.8, 4) is 0 Å². The second kappa shape index (κ2) is 7.12. The molecule has 0 aliphatic heterocycles. The van der Waals surface area contributed by atoms with Gasteiger partial charge in [-0.1, -0.05) is 13.0 Å². The molecule has 0 saturated heterocycles. The molecule has 24 heavy (non-hydrogen) atoms. The van der Waals surface area contributed by atoms with E-state index in [1.54, 1.807) is 30.5 Å². The minimum Gasteiger partial charge on any atom is -0.347 e. The summed E-state index contributed by atoms with van der Waals surface area (Å²) in [5.41, 5.74) is 2.67. The molecule has 2 aromatic heterocycles. The number of urea groups is 1. The smallest absolute Gasteiger partial charge is 0.321 e. The molecule has 0 spiro atoms. The second-order valence-electron chi connectivity index (χ2n) is 5.77. The van der Waals surface area contributed by atoms with Gasteiger partial charge in [0.1, 0.15) is 0 Å². The number of anilines is 1. The third kappa shape index (κ3) is 3.53. The Labute approximate surface area is 141 Å². The van der Waals surface area contributed by atoms with Crippen LogP contribution in [-0.2, 0) is 13.1 Å². The van der Waals surface area contributed by atoms with Crippen molar-refractivity contribution in [3.05, 3.63) is 54.7 Å². The van der Waals surface area contributed by atoms with Gasteiger partial charge in [0, 0.05) is 37.9 Å². The minimum absolute atomic E-state index is 0.173. The lowest BCUT2D eigenvalue weighted by atomic mass is 10.2. The fourth-order valence-electron chi connectivity index (χ4n) is 2.64. The first-order valence-corrected chi connectivity index (χ1v) is 8.03. The zero-order valence-corrected chi connectivity index (χ0v) is 13.9. The molecule has 3 rings (SSSR count). The van der Waals surface area contributed by atoms with Gasteiger partial charge < -0.3 is 14.8 Å². The van der Waals surface area contributed by atoms with Gasteiger partial charge in [-0.15, -0.1) is 0 Å². The highest BCUT2D eigenvalue weighted by atomic mass is 16.2. The van der Waals surface area contributed by atoms with E-state index in [-0.39, 0.29) is 6.03 Å². The largest absolute Gasteiger partial charge is 0.347 e. The van der Waals surface area contributed by atoms with Crippen molar-refractivity contribution < 1.29 is 4.79 Å². The van der Waals surface area contributed by atoms with Gasteiger partial charge >= 0.3 is 6.03 Å². The van der Waals surface area contributed by atoms with E-state index in [9.17, 15) is 4.79 Å². The van der Waals surface area contributed by atoms with Crippen LogP contribution in [0.15, 0.2) is 49.1 Å². The summed E-state index contributed by atoms with van der Waals surface area (Å²) in [7, 11) is 1.74. The number of rotatable bonds is 5. The van der Waals surface area contributed by atoms with Gasteiger partial charge in [-0.3, -0.25) is 9.97 Å². The maximum absolute atomic E-state index is 12.4. The van der Waals surface area contributed by atoms with E-state index in [1.165, 1.54) is 5.39 Å².